The average molecular weight is 257 g/mol. The number of sulfonamides is 1. The van der Waals surface area contributed by atoms with Crippen LogP contribution in [0.4, 0.5) is 0 Å². The maximum absolute atomic E-state index is 12.0. The summed E-state index contributed by atoms with van der Waals surface area (Å²) < 4.78 is 30.5. The molecule has 0 spiro atoms. The van der Waals surface area contributed by atoms with Crippen molar-refractivity contribution in [2.75, 3.05) is 19.7 Å². The quantitative estimate of drug-likeness (QED) is 0.850. The van der Waals surface area contributed by atoms with E-state index in [4.69, 9.17) is 9.84 Å². The monoisotopic (exact) mass is 257 g/mol. The molecule has 1 heterocycles. The standard InChI is InChI=1S/C11H15NO4S/c1-2-16-10-3-5-11(6-4-10)17(14,15)12-7-9(13)8-12/h3-6,9,13H,2,7-8H2,1H3. The molecule has 1 fully saturated rings. The molecule has 0 bridgehead atoms. The molecule has 0 saturated carbocycles. The second-order valence-electron chi connectivity index (χ2n) is 3.88. The van der Waals surface area contributed by atoms with Gasteiger partial charge in [0, 0.05) is 13.1 Å². The Morgan fingerprint density at radius 3 is 2.41 bits per heavy atom. The molecule has 17 heavy (non-hydrogen) atoms. The van der Waals surface area contributed by atoms with Crippen LogP contribution in [0.25, 0.3) is 0 Å². The zero-order chi connectivity index (χ0) is 12.5. The van der Waals surface area contributed by atoms with E-state index in [1.165, 1.54) is 16.4 Å². The Labute approximate surface area is 101 Å². The molecule has 0 amide bonds. The molecule has 1 aromatic rings. The number of β-amino-alcohol motifs (C(OH)–C–C–N with tert-alkyl or cyclic N) is 1. The lowest BCUT2D eigenvalue weighted by atomic mass is 10.2. The number of nitrogens with zero attached hydrogens (tertiary/aromatic N) is 1. The van der Waals surface area contributed by atoms with Crippen molar-refractivity contribution < 1.29 is 18.3 Å². The third kappa shape index (κ3) is 2.43. The highest BCUT2D eigenvalue weighted by Gasteiger charge is 2.35. The van der Waals surface area contributed by atoms with E-state index in [2.05, 4.69) is 0 Å². The fraction of sp³-hybridized carbons (Fsp3) is 0.455. The van der Waals surface area contributed by atoms with Crippen molar-refractivity contribution in [1.82, 2.24) is 4.31 Å². The Morgan fingerprint density at radius 2 is 1.94 bits per heavy atom. The van der Waals surface area contributed by atoms with Crippen LogP contribution >= 0.6 is 0 Å². The predicted octanol–water partition coefficient (Wildman–Crippen LogP) is 0.450. The molecule has 1 aliphatic rings. The van der Waals surface area contributed by atoms with Gasteiger partial charge in [0.15, 0.2) is 0 Å². The molecule has 0 radical (unpaired) electrons. The maximum Gasteiger partial charge on any atom is 0.243 e. The van der Waals surface area contributed by atoms with E-state index in [0.717, 1.165) is 0 Å². The van der Waals surface area contributed by atoms with E-state index in [1.807, 2.05) is 6.92 Å². The van der Waals surface area contributed by atoms with E-state index in [9.17, 15) is 8.42 Å². The van der Waals surface area contributed by atoms with E-state index in [0.29, 0.717) is 12.4 Å². The summed E-state index contributed by atoms with van der Waals surface area (Å²) in [4.78, 5) is 0.229. The van der Waals surface area contributed by atoms with E-state index in [1.54, 1.807) is 12.1 Å². The SMILES string of the molecule is CCOc1ccc(S(=O)(=O)N2CC(O)C2)cc1. The Hall–Kier alpha value is -1.11. The normalized spacial score (nSPS) is 17.8. The highest BCUT2D eigenvalue weighted by molar-refractivity contribution is 7.89. The number of hydrogen-bond donors (Lipinski definition) is 1. The highest BCUT2D eigenvalue weighted by Crippen LogP contribution is 2.23. The first-order valence-corrected chi connectivity index (χ1v) is 6.89. The molecule has 1 aromatic carbocycles. The summed E-state index contributed by atoms with van der Waals surface area (Å²) >= 11 is 0. The number of aliphatic hydroxyl groups excluding tert-OH is 1. The fourth-order valence-corrected chi connectivity index (χ4v) is 3.15. The Morgan fingerprint density at radius 1 is 1.35 bits per heavy atom. The van der Waals surface area contributed by atoms with Gasteiger partial charge in [-0.05, 0) is 31.2 Å². The van der Waals surface area contributed by atoms with Crippen molar-refractivity contribution in [2.24, 2.45) is 0 Å². The Kier molecular flexibility index (Phi) is 3.37. The van der Waals surface area contributed by atoms with Crippen molar-refractivity contribution in [3.8, 4) is 5.75 Å². The molecule has 1 aliphatic heterocycles. The molecule has 0 unspecified atom stereocenters. The van der Waals surface area contributed by atoms with Crippen LogP contribution in [0.2, 0.25) is 0 Å². The molecule has 94 valence electrons. The van der Waals surface area contributed by atoms with Gasteiger partial charge < -0.3 is 9.84 Å². The van der Waals surface area contributed by atoms with Crippen LogP contribution < -0.4 is 4.74 Å². The van der Waals surface area contributed by atoms with Crippen LogP contribution in [-0.4, -0.2) is 43.6 Å². The maximum atomic E-state index is 12.0. The first-order chi connectivity index (χ1) is 8.04. The van der Waals surface area contributed by atoms with Gasteiger partial charge in [-0.2, -0.15) is 4.31 Å². The second kappa shape index (κ2) is 4.64. The first-order valence-electron chi connectivity index (χ1n) is 5.45. The number of rotatable bonds is 4. The third-order valence-electron chi connectivity index (χ3n) is 2.60. The number of benzene rings is 1. The van der Waals surface area contributed by atoms with Crippen molar-refractivity contribution in [1.29, 1.82) is 0 Å². The van der Waals surface area contributed by atoms with E-state index < -0.39 is 16.1 Å². The van der Waals surface area contributed by atoms with Gasteiger partial charge in [-0.3, -0.25) is 0 Å². The second-order valence-corrected chi connectivity index (χ2v) is 5.82. The third-order valence-corrected chi connectivity index (χ3v) is 4.45. The summed E-state index contributed by atoms with van der Waals surface area (Å²) in [7, 11) is -3.45. The van der Waals surface area contributed by atoms with Crippen LogP contribution in [0.15, 0.2) is 29.2 Å². The van der Waals surface area contributed by atoms with Gasteiger partial charge in [0.2, 0.25) is 10.0 Å². The zero-order valence-corrected chi connectivity index (χ0v) is 10.4. The van der Waals surface area contributed by atoms with Crippen LogP contribution in [0.1, 0.15) is 6.92 Å². The molecule has 0 aliphatic carbocycles. The summed E-state index contributed by atoms with van der Waals surface area (Å²) in [6.07, 6.45) is -0.535. The Balaban J connectivity index is 2.16. The van der Waals surface area contributed by atoms with Gasteiger partial charge in [-0.1, -0.05) is 0 Å². The van der Waals surface area contributed by atoms with Gasteiger partial charge in [0.05, 0.1) is 17.6 Å². The van der Waals surface area contributed by atoms with Crippen molar-refractivity contribution >= 4 is 10.0 Å². The molecular weight excluding hydrogens is 242 g/mol. The minimum Gasteiger partial charge on any atom is -0.494 e. The minimum atomic E-state index is -3.45. The first kappa shape index (κ1) is 12.3. The van der Waals surface area contributed by atoms with Crippen molar-refractivity contribution in [3.05, 3.63) is 24.3 Å². The summed E-state index contributed by atoms with van der Waals surface area (Å²) in [6, 6.07) is 6.30. The van der Waals surface area contributed by atoms with Gasteiger partial charge in [-0.25, -0.2) is 8.42 Å². The largest absolute Gasteiger partial charge is 0.494 e. The lowest BCUT2D eigenvalue weighted by Crippen LogP contribution is -2.53. The molecule has 0 aromatic heterocycles. The molecule has 6 heteroatoms. The van der Waals surface area contributed by atoms with Gasteiger partial charge in [-0.15, -0.1) is 0 Å². The van der Waals surface area contributed by atoms with Gasteiger partial charge in [0.1, 0.15) is 5.75 Å². The molecular formula is C11H15NO4S. The zero-order valence-electron chi connectivity index (χ0n) is 9.54. The summed E-state index contributed by atoms with van der Waals surface area (Å²) in [5.74, 6) is 0.648. The summed E-state index contributed by atoms with van der Waals surface area (Å²) in [5.41, 5.74) is 0. The molecule has 1 saturated heterocycles. The fourth-order valence-electron chi connectivity index (χ4n) is 1.64. The summed E-state index contributed by atoms with van der Waals surface area (Å²) in [5, 5.41) is 9.12. The van der Waals surface area contributed by atoms with Crippen LogP contribution in [-0.2, 0) is 10.0 Å². The summed E-state index contributed by atoms with van der Waals surface area (Å²) in [6.45, 7) is 2.77. The van der Waals surface area contributed by atoms with Crippen LogP contribution in [0, 0.1) is 0 Å². The Bertz CT molecular complexity index is 477. The minimum absolute atomic E-state index is 0.176. The topological polar surface area (TPSA) is 66.8 Å². The van der Waals surface area contributed by atoms with Gasteiger partial charge >= 0.3 is 0 Å². The van der Waals surface area contributed by atoms with Gasteiger partial charge in [0.25, 0.3) is 0 Å². The van der Waals surface area contributed by atoms with E-state index >= 15 is 0 Å². The average Bonchev–Trinajstić information content (AvgIpc) is 2.26. The molecule has 5 nitrogen and oxygen atoms in total. The van der Waals surface area contributed by atoms with Crippen molar-refractivity contribution in [2.45, 2.75) is 17.9 Å². The molecule has 0 atom stereocenters. The molecule has 1 N–H and O–H groups in total. The van der Waals surface area contributed by atoms with Crippen LogP contribution in [0.5, 0.6) is 5.75 Å². The number of ether oxygens (including phenoxy) is 1. The highest BCUT2D eigenvalue weighted by atomic mass is 32.2. The smallest absolute Gasteiger partial charge is 0.243 e. The number of hydrogen-bond acceptors (Lipinski definition) is 4. The predicted molar refractivity (Wildman–Crippen MR) is 62.4 cm³/mol. The number of aliphatic hydroxyl groups is 1. The lowest BCUT2D eigenvalue weighted by molar-refractivity contribution is 0.0548. The van der Waals surface area contributed by atoms with Crippen LogP contribution in [0.3, 0.4) is 0 Å². The lowest BCUT2D eigenvalue weighted by Gasteiger charge is -2.34. The van der Waals surface area contributed by atoms with Crippen molar-refractivity contribution in [3.63, 3.8) is 0 Å². The molecule has 2 rings (SSSR count). The van der Waals surface area contributed by atoms with E-state index in [-0.39, 0.29) is 18.0 Å².